The van der Waals surface area contributed by atoms with E-state index in [0.29, 0.717) is 5.56 Å². The zero-order valence-corrected chi connectivity index (χ0v) is 12.1. The molecule has 0 heterocycles. The Balaban J connectivity index is 2.50. The molecule has 1 nitrogen and oxygen atoms in total. The average Bonchev–Trinajstić information content (AvgIpc) is 2.37. The monoisotopic (exact) mass is 291 g/mol. The molecule has 1 aromatic carbocycles. The SMILES string of the molecule is CSCCCCNC(C)c1cccc(C(F)(F)F)c1. The fourth-order valence-corrected chi connectivity index (χ4v) is 2.28. The van der Waals surface area contributed by atoms with Gasteiger partial charge >= 0.3 is 6.18 Å². The Kier molecular flexibility index (Phi) is 6.72. The lowest BCUT2D eigenvalue weighted by Gasteiger charge is -2.16. The van der Waals surface area contributed by atoms with Crippen LogP contribution < -0.4 is 5.32 Å². The van der Waals surface area contributed by atoms with Gasteiger partial charge in [0.05, 0.1) is 5.56 Å². The summed E-state index contributed by atoms with van der Waals surface area (Å²) in [5, 5.41) is 3.26. The zero-order chi connectivity index (χ0) is 14.3. The average molecular weight is 291 g/mol. The standard InChI is InChI=1S/C14H20F3NS/c1-11(18-8-3-4-9-19-2)12-6-5-7-13(10-12)14(15,16)17/h5-7,10-11,18H,3-4,8-9H2,1-2H3. The first-order valence-electron chi connectivity index (χ1n) is 6.34. The predicted octanol–water partition coefficient (Wildman–Crippen LogP) is 4.50. The summed E-state index contributed by atoms with van der Waals surface area (Å²) in [6, 6.07) is 5.46. The van der Waals surface area contributed by atoms with Gasteiger partial charge in [-0.05, 0) is 56.0 Å². The highest BCUT2D eigenvalue weighted by Crippen LogP contribution is 2.30. The van der Waals surface area contributed by atoms with E-state index in [1.165, 1.54) is 12.1 Å². The highest BCUT2D eigenvalue weighted by molar-refractivity contribution is 7.98. The van der Waals surface area contributed by atoms with E-state index >= 15 is 0 Å². The summed E-state index contributed by atoms with van der Waals surface area (Å²) in [6.45, 7) is 2.72. The fourth-order valence-electron chi connectivity index (χ4n) is 1.79. The van der Waals surface area contributed by atoms with E-state index < -0.39 is 11.7 Å². The number of rotatable bonds is 7. The lowest BCUT2D eigenvalue weighted by molar-refractivity contribution is -0.137. The van der Waals surface area contributed by atoms with Crippen LogP contribution in [0.25, 0.3) is 0 Å². The van der Waals surface area contributed by atoms with Gasteiger partial charge in [-0.1, -0.05) is 12.1 Å². The minimum Gasteiger partial charge on any atom is -0.310 e. The number of alkyl halides is 3. The van der Waals surface area contributed by atoms with Crippen LogP contribution in [0.2, 0.25) is 0 Å². The summed E-state index contributed by atoms with van der Waals surface area (Å²) in [4.78, 5) is 0. The first-order chi connectivity index (χ1) is 8.95. The third kappa shape index (κ3) is 5.87. The van der Waals surface area contributed by atoms with E-state index in [1.54, 1.807) is 6.07 Å². The van der Waals surface area contributed by atoms with E-state index in [9.17, 15) is 13.2 Å². The molecule has 19 heavy (non-hydrogen) atoms. The molecule has 108 valence electrons. The second-order valence-electron chi connectivity index (χ2n) is 4.50. The Bertz CT molecular complexity index is 379. The summed E-state index contributed by atoms with van der Waals surface area (Å²) in [6.07, 6.45) is -0.0274. The van der Waals surface area contributed by atoms with Crippen molar-refractivity contribution in [1.82, 2.24) is 5.32 Å². The molecule has 5 heteroatoms. The molecule has 1 N–H and O–H groups in total. The molecule has 1 aromatic rings. The van der Waals surface area contributed by atoms with Crippen LogP contribution in [0.15, 0.2) is 24.3 Å². The molecular weight excluding hydrogens is 271 g/mol. The largest absolute Gasteiger partial charge is 0.416 e. The van der Waals surface area contributed by atoms with Crippen LogP contribution in [0.1, 0.15) is 36.9 Å². The number of benzene rings is 1. The van der Waals surface area contributed by atoms with Crippen molar-refractivity contribution in [2.45, 2.75) is 32.0 Å². The fraction of sp³-hybridized carbons (Fsp3) is 0.571. The van der Waals surface area contributed by atoms with Crippen LogP contribution in [-0.4, -0.2) is 18.6 Å². The molecule has 0 spiro atoms. The maximum absolute atomic E-state index is 12.6. The van der Waals surface area contributed by atoms with Crippen molar-refractivity contribution >= 4 is 11.8 Å². The Morgan fingerprint density at radius 2 is 2.00 bits per heavy atom. The van der Waals surface area contributed by atoms with Gasteiger partial charge in [-0.3, -0.25) is 0 Å². The smallest absolute Gasteiger partial charge is 0.310 e. The summed E-state index contributed by atoms with van der Waals surface area (Å²) in [5.74, 6) is 1.12. The summed E-state index contributed by atoms with van der Waals surface area (Å²) in [5.41, 5.74) is 0.0979. The Morgan fingerprint density at radius 1 is 1.26 bits per heavy atom. The first-order valence-corrected chi connectivity index (χ1v) is 7.74. The molecule has 0 aliphatic heterocycles. The van der Waals surface area contributed by atoms with Crippen LogP contribution in [0.3, 0.4) is 0 Å². The van der Waals surface area contributed by atoms with Gasteiger partial charge in [0.1, 0.15) is 0 Å². The van der Waals surface area contributed by atoms with Crippen molar-refractivity contribution in [2.24, 2.45) is 0 Å². The van der Waals surface area contributed by atoms with E-state index in [2.05, 4.69) is 11.6 Å². The summed E-state index contributed by atoms with van der Waals surface area (Å²) in [7, 11) is 0. The lowest BCUT2D eigenvalue weighted by Crippen LogP contribution is -2.20. The molecular formula is C14H20F3NS. The minimum absolute atomic E-state index is 0.0587. The quantitative estimate of drug-likeness (QED) is 0.742. The minimum atomic E-state index is -4.27. The number of halogens is 3. The molecule has 0 saturated heterocycles. The van der Waals surface area contributed by atoms with E-state index in [-0.39, 0.29) is 6.04 Å². The van der Waals surface area contributed by atoms with Crippen LogP contribution in [0.5, 0.6) is 0 Å². The van der Waals surface area contributed by atoms with Crippen LogP contribution in [-0.2, 0) is 6.18 Å². The molecule has 0 amide bonds. The molecule has 0 aliphatic carbocycles. The molecule has 1 rings (SSSR count). The molecule has 1 atom stereocenters. The van der Waals surface area contributed by atoms with Gasteiger partial charge in [0.15, 0.2) is 0 Å². The van der Waals surface area contributed by atoms with Crippen molar-refractivity contribution in [2.75, 3.05) is 18.6 Å². The summed E-state index contributed by atoms with van der Waals surface area (Å²) < 4.78 is 37.8. The first kappa shape index (κ1) is 16.4. The van der Waals surface area contributed by atoms with Crippen LogP contribution >= 0.6 is 11.8 Å². The van der Waals surface area contributed by atoms with Gasteiger partial charge in [-0.15, -0.1) is 0 Å². The van der Waals surface area contributed by atoms with E-state index in [0.717, 1.165) is 31.2 Å². The van der Waals surface area contributed by atoms with E-state index in [1.807, 2.05) is 18.7 Å². The van der Waals surface area contributed by atoms with Gasteiger partial charge in [-0.2, -0.15) is 24.9 Å². The molecule has 0 aromatic heterocycles. The Labute approximate surface area is 117 Å². The molecule has 0 bridgehead atoms. The number of nitrogens with one attached hydrogen (secondary N) is 1. The Morgan fingerprint density at radius 3 is 2.63 bits per heavy atom. The lowest BCUT2D eigenvalue weighted by atomic mass is 10.0. The molecule has 1 unspecified atom stereocenters. The number of thioether (sulfide) groups is 1. The van der Waals surface area contributed by atoms with Gasteiger partial charge in [-0.25, -0.2) is 0 Å². The van der Waals surface area contributed by atoms with Crippen LogP contribution in [0.4, 0.5) is 13.2 Å². The predicted molar refractivity (Wildman–Crippen MR) is 75.5 cm³/mol. The van der Waals surface area contributed by atoms with Crippen molar-refractivity contribution in [3.05, 3.63) is 35.4 Å². The topological polar surface area (TPSA) is 12.0 Å². The van der Waals surface area contributed by atoms with Crippen LogP contribution in [0, 0.1) is 0 Å². The van der Waals surface area contributed by atoms with E-state index in [4.69, 9.17) is 0 Å². The molecule has 0 fully saturated rings. The molecule has 0 radical (unpaired) electrons. The van der Waals surface area contributed by atoms with Gasteiger partial charge in [0.2, 0.25) is 0 Å². The second-order valence-corrected chi connectivity index (χ2v) is 5.48. The third-order valence-electron chi connectivity index (χ3n) is 2.94. The molecule has 0 aliphatic rings. The number of hydrogen-bond acceptors (Lipinski definition) is 2. The number of hydrogen-bond donors (Lipinski definition) is 1. The zero-order valence-electron chi connectivity index (χ0n) is 11.3. The van der Waals surface area contributed by atoms with Gasteiger partial charge in [0, 0.05) is 6.04 Å². The number of unbranched alkanes of at least 4 members (excludes halogenated alkanes) is 1. The summed E-state index contributed by atoms with van der Waals surface area (Å²) >= 11 is 1.81. The van der Waals surface area contributed by atoms with Crippen molar-refractivity contribution < 1.29 is 13.2 Å². The third-order valence-corrected chi connectivity index (χ3v) is 3.64. The second kappa shape index (κ2) is 7.80. The Hall–Kier alpha value is -0.680. The normalized spacial score (nSPS) is 13.5. The molecule has 0 saturated carbocycles. The maximum Gasteiger partial charge on any atom is 0.416 e. The van der Waals surface area contributed by atoms with Crippen molar-refractivity contribution in [1.29, 1.82) is 0 Å². The van der Waals surface area contributed by atoms with Gasteiger partial charge in [0.25, 0.3) is 0 Å². The highest BCUT2D eigenvalue weighted by atomic mass is 32.2. The van der Waals surface area contributed by atoms with Crippen molar-refractivity contribution in [3.63, 3.8) is 0 Å². The highest BCUT2D eigenvalue weighted by Gasteiger charge is 2.30. The maximum atomic E-state index is 12.6. The van der Waals surface area contributed by atoms with Crippen molar-refractivity contribution in [3.8, 4) is 0 Å². The van der Waals surface area contributed by atoms with Gasteiger partial charge < -0.3 is 5.32 Å².